The van der Waals surface area contributed by atoms with Gasteiger partial charge < -0.3 is 5.32 Å². The molecule has 0 bridgehead atoms. The van der Waals surface area contributed by atoms with E-state index >= 15 is 0 Å². The Morgan fingerprint density at radius 1 is 1.12 bits per heavy atom. The van der Waals surface area contributed by atoms with Gasteiger partial charge in [0.05, 0.1) is 5.75 Å². The number of hydrogen-bond donors (Lipinski definition) is 1. The second kappa shape index (κ2) is 10.0. The van der Waals surface area contributed by atoms with Crippen LogP contribution in [0, 0.1) is 11.7 Å². The maximum Gasteiger partial charge on any atom is 0.229 e. The summed E-state index contributed by atoms with van der Waals surface area (Å²) in [7, 11) is -3.77. The Morgan fingerprint density at radius 2 is 1.82 bits per heavy atom. The van der Waals surface area contributed by atoms with Gasteiger partial charge in [-0.2, -0.15) is 0 Å². The molecule has 1 aromatic heterocycles. The number of anilines is 1. The van der Waals surface area contributed by atoms with Gasteiger partial charge in [0.2, 0.25) is 21.1 Å². The van der Waals surface area contributed by atoms with Crippen LogP contribution >= 0.6 is 34.5 Å². The molecule has 4 rings (SSSR count). The molecule has 3 aromatic rings. The number of rotatable bonds is 6. The van der Waals surface area contributed by atoms with Crippen LogP contribution in [-0.2, 0) is 20.6 Å². The molecule has 2 aromatic carbocycles. The first-order valence-corrected chi connectivity index (χ1v) is 13.2. The van der Waals surface area contributed by atoms with Crippen molar-refractivity contribution in [2.75, 3.05) is 18.4 Å². The minimum atomic E-state index is -3.77. The molecule has 1 aliphatic rings. The maximum atomic E-state index is 14.0. The van der Waals surface area contributed by atoms with Gasteiger partial charge in [-0.25, -0.2) is 17.1 Å². The van der Waals surface area contributed by atoms with Crippen LogP contribution in [0.25, 0.3) is 10.6 Å². The molecule has 0 radical (unpaired) electrons. The minimum Gasteiger partial charge on any atom is -0.300 e. The van der Waals surface area contributed by atoms with Crippen molar-refractivity contribution >= 4 is 55.6 Å². The Bertz CT molecular complexity index is 1240. The fourth-order valence-electron chi connectivity index (χ4n) is 3.53. The number of amides is 1. The van der Waals surface area contributed by atoms with Gasteiger partial charge in [0.25, 0.3) is 0 Å². The monoisotopic (exact) mass is 528 g/mol. The summed E-state index contributed by atoms with van der Waals surface area (Å²) < 4.78 is 40.8. The van der Waals surface area contributed by atoms with Gasteiger partial charge in [-0.05, 0) is 37.1 Å². The molecule has 33 heavy (non-hydrogen) atoms. The lowest BCUT2D eigenvalue weighted by atomic mass is 9.97. The molecule has 2 heterocycles. The molecule has 1 saturated heterocycles. The van der Waals surface area contributed by atoms with Crippen molar-refractivity contribution in [3.63, 3.8) is 0 Å². The van der Waals surface area contributed by atoms with Gasteiger partial charge in [0.1, 0.15) is 10.8 Å². The van der Waals surface area contributed by atoms with E-state index in [9.17, 15) is 17.6 Å². The Balaban J connectivity index is 1.34. The zero-order valence-electron chi connectivity index (χ0n) is 17.2. The molecule has 7 nitrogen and oxygen atoms in total. The summed E-state index contributed by atoms with van der Waals surface area (Å²) in [5, 5.41) is 12.6. The van der Waals surface area contributed by atoms with Crippen molar-refractivity contribution in [2.45, 2.75) is 18.6 Å². The average Bonchev–Trinajstić information content (AvgIpc) is 3.25. The highest BCUT2D eigenvalue weighted by molar-refractivity contribution is 7.88. The summed E-state index contributed by atoms with van der Waals surface area (Å²) in [4.78, 5) is 12.7. The zero-order valence-corrected chi connectivity index (χ0v) is 20.3. The highest BCUT2D eigenvalue weighted by Crippen LogP contribution is 2.29. The molecule has 1 N–H and O–H groups in total. The lowest BCUT2D eigenvalue weighted by Gasteiger charge is -2.30. The number of carbonyl (C=O) groups is 1. The van der Waals surface area contributed by atoms with Gasteiger partial charge in [0.15, 0.2) is 0 Å². The fourth-order valence-corrected chi connectivity index (χ4v) is 6.33. The molecule has 0 saturated carbocycles. The maximum absolute atomic E-state index is 14.0. The zero-order chi connectivity index (χ0) is 23.6. The van der Waals surface area contributed by atoms with Gasteiger partial charge >= 0.3 is 0 Å². The van der Waals surface area contributed by atoms with Gasteiger partial charge in [0, 0.05) is 40.2 Å². The summed E-state index contributed by atoms with van der Waals surface area (Å²) in [5.74, 6) is -1.78. The predicted octanol–water partition coefficient (Wildman–Crippen LogP) is 4.83. The van der Waals surface area contributed by atoms with E-state index in [1.165, 1.54) is 33.8 Å². The smallest absolute Gasteiger partial charge is 0.229 e. The highest BCUT2D eigenvalue weighted by atomic mass is 35.5. The third-order valence-corrected chi connectivity index (χ3v) is 8.65. The number of nitrogens with one attached hydrogen (secondary N) is 1. The first-order chi connectivity index (χ1) is 15.7. The molecule has 1 aliphatic heterocycles. The van der Waals surface area contributed by atoms with Crippen LogP contribution in [0.4, 0.5) is 9.52 Å². The van der Waals surface area contributed by atoms with E-state index in [1.807, 2.05) is 12.1 Å². The summed E-state index contributed by atoms with van der Waals surface area (Å²) in [6, 6.07) is 11.2. The van der Waals surface area contributed by atoms with Gasteiger partial charge in [-0.3, -0.25) is 4.79 Å². The molecule has 0 spiro atoms. The Morgan fingerprint density at radius 3 is 2.48 bits per heavy atom. The third-order valence-electron chi connectivity index (χ3n) is 5.35. The molecule has 0 atom stereocenters. The summed E-state index contributed by atoms with van der Waals surface area (Å²) in [6.45, 7) is 0.331. The number of carbonyl (C=O) groups excluding carboxylic acids is 1. The van der Waals surface area contributed by atoms with E-state index in [4.69, 9.17) is 23.2 Å². The number of halogens is 3. The van der Waals surface area contributed by atoms with Crippen LogP contribution in [0.15, 0.2) is 42.5 Å². The lowest BCUT2D eigenvalue weighted by Crippen LogP contribution is -2.42. The quantitative estimate of drug-likeness (QED) is 0.494. The number of nitrogens with zero attached hydrogens (tertiary/aromatic N) is 3. The molecule has 0 unspecified atom stereocenters. The van der Waals surface area contributed by atoms with Crippen LogP contribution in [-0.4, -0.2) is 41.9 Å². The molecule has 0 aliphatic carbocycles. The summed E-state index contributed by atoms with van der Waals surface area (Å²) in [6.07, 6.45) is 0.692. The molecule has 12 heteroatoms. The number of aromatic nitrogens is 2. The first-order valence-electron chi connectivity index (χ1n) is 10.0. The molecule has 1 amide bonds. The van der Waals surface area contributed by atoms with Crippen molar-refractivity contribution in [3.05, 3.63) is 63.9 Å². The summed E-state index contributed by atoms with van der Waals surface area (Å²) in [5.41, 5.74) is 0.790. The van der Waals surface area contributed by atoms with Crippen molar-refractivity contribution in [1.29, 1.82) is 0 Å². The highest BCUT2D eigenvalue weighted by Gasteiger charge is 2.32. The average molecular weight is 529 g/mol. The van der Waals surface area contributed by atoms with Crippen LogP contribution in [0.1, 0.15) is 18.4 Å². The van der Waals surface area contributed by atoms with Crippen molar-refractivity contribution in [2.24, 2.45) is 5.92 Å². The lowest BCUT2D eigenvalue weighted by molar-refractivity contribution is -0.120. The Hall–Kier alpha value is -2.11. The first kappa shape index (κ1) is 24.0. The van der Waals surface area contributed by atoms with Crippen LogP contribution in [0.3, 0.4) is 0 Å². The van der Waals surface area contributed by atoms with Crippen molar-refractivity contribution in [3.8, 4) is 10.6 Å². The van der Waals surface area contributed by atoms with Crippen LogP contribution in [0.2, 0.25) is 10.0 Å². The van der Waals surface area contributed by atoms with Crippen molar-refractivity contribution in [1.82, 2.24) is 14.5 Å². The van der Waals surface area contributed by atoms with Crippen LogP contribution in [0.5, 0.6) is 0 Å². The SMILES string of the molecule is O=C(Nc1nnc(-c2ccc(Cl)cc2)s1)C1CCN(S(=O)(=O)Cc2c(F)cccc2Cl)CC1. The van der Waals surface area contributed by atoms with E-state index in [2.05, 4.69) is 15.5 Å². The van der Waals surface area contributed by atoms with E-state index in [0.717, 1.165) is 5.56 Å². The molecular formula is C21H19Cl2FN4O3S2. The standard InChI is InChI=1S/C21H19Cl2FN4O3S2/c22-15-6-4-14(5-7-15)20-26-27-21(32-20)25-19(29)13-8-10-28(11-9-13)33(30,31)12-16-17(23)2-1-3-18(16)24/h1-7,13H,8-12H2,(H,25,27,29). The predicted molar refractivity (Wildman–Crippen MR) is 127 cm³/mol. The topological polar surface area (TPSA) is 92.3 Å². The number of hydrogen-bond acceptors (Lipinski definition) is 6. The van der Waals surface area contributed by atoms with E-state index in [0.29, 0.717) is 28.0 Å². The normalized spacial score (nSPS) is 15.5. The number of benzene rings is 2. The number of piperidine rings is 1. The Kier molecular flexibility index (Phi) is 7.30. The minimum absolute atomic E-state index is 0.0493. The fraction of sp³-hybridized carbons (Fsp3) is 0.286. The molecule has 1 fully saturated rings. The van der Waals surface area contributed by atoms with E-state index < -0.39 is 21.6 Å². The van der Waals surface area contributed by atoms with Gasteiger partial charge in [-0.1, -0.05) is 52.7 Å². The van der Waals surface area contributed by atoms with E-state index in [1.54, 1.807) is 12.1 Å². The van der Waals surface area contributed by atoms with Crippen molar-refractivity contribution < 1.29 is 17.6 Å². The summed E-state index contributed by atoms with van der Waals surface area (Å²) >= 11 is 13.1. The third kappa shape index (κ3) is 5.70. The van der Waals surface area contributed by atoms with Crippen LogP contribution < -0.4 is 5.32 Å². The second-order valence-corrected chi connectivity index (χ2v) is 11.3. The molecule has 174 valence electrons. The number of sulfonamides is 1. The van der Waals surface area contributed by atoms with E-state index in [-0.39, 0.29) is 35.5 Å². The largest absolute Gasteiger partial charge is 0.300 e. The second-order valence-electron chi connectivity index (χ2n) is 7.54. The molecular weight excluding hydrogens is 510 g/mol. The van der Waals surface area contributed by atoms with Gasteiger partial charge in [-0.15, -0.1) is 10.2 Å². The Labute approximate surface area is 204 Å².